The van der Waals surface area contributed by atoms with Crippen LogP contribution in [0.15, 0.2) is 23.2 Å². The Balaban J connectivity index is 1.97. The summed E-state index contributed by atoms with van der Waals surface area (Å²) >= 11 is 1.67. The molecule has 2 aromatic rings. The molecule has 0 aliphatic carbocycles. The van der Waals surface area contributed by atoms with Gasteiger partial charge in [0, 0.05) is 11.9 Å². The molecule has 1 atom stereocenters. The lowest BCUT2D eigenvalue weighted by Crippen LogP contribution is -2.38. The van der Waals surface area contributed by atoms with Crippen LogP contribution in [0.25, 0.3) is 0 Å². The molecule has 0 bridgehead atoms. The van der Waals surface area contributed by atoms with Crippen molar-refractivity contribution in [2.75, 3.05) is 14.2 Å². The molecule has 0 aliphatic heterocycles. The molecule has 1 aromatic heterocycles. The fraction of sp³-hybridized carbons (Fsp3) is 0.412. The highest BCUT2D eigenvalue weighted by Gasteiger charge is 2.12. The van der Waals surface area contributed by atoms with Crippen LogP contribution >= 0.6 is 11.3 Å². The molecule has 1 unspecified atom stereocenters. The van der Waals surface area contributed by atoms with Gasteiger partial charge in [-0.3, -0.25) is 4.99 Å². The quantitative estimate of drug-likeness (QED) is 0.641. The number of rotatable bonds is 5. The van der Waals surface area contributed by atoms with Gasteiger partial charge in [0.15, 0.2) is 17.5 Å². The number of aromatic nitrogens is 1. The standard InChI is InChI=1S/C17H23FN4OS/c1-10-12(3)24-16(21-10)9-20-17(19-4)22-11(2)13-6-7-15(23-5)14(18)8-13/h6-8,11H,9H2,1-5H3,(H2,19,20,22). The molecule has 130 valence electrons. The number of thiazole rings is 1. The van der Waals surface area contributed by atoms with Crippen LogP contribution in [-0.4, -0.2) is 25.1 Å². The lowest BCUT2D eigenvalue weighted by Gasteiger charge is -2.18. The van der Waals surface area contributed by atoms with Gasteiger partial charge in [-0.05, 0) is 38.5 Å². The molecule has 24 heavy (non-hydrogen) atoms. The van der Waals surface area contributed by atoms with Gasteiger partial charge in [0.05, 0.1) is 25.4 Å². The summed E-state index contributed by atoms with van der Waals surface area (Å²) in [5, 5.41) is 7.49. The Kier molecular flexibility index (Phi) is 6.14. The Bertz CT molecular complexity index is 710. The van der Waals surface area contributed by atoms with E-state index in [1.807, 2.05) is 19.9 Å². The molecule has 0 spiro atoms. The van der Waals surface area contributed by atoms with Crippen molar-refractivity contribution in [2.45, 2.75) is 33.4 Å². The van der Waals surface area contributed by atoms with Crippen LogP contribution in [0.3, 0.4) is 0 Å². The zero-order chi connectivity index (χ0) is 17.7. The maximum atomic E-state index is 13.8. The normalized spacial score (nSPS) is 12.8. The fourth-order valence-electron chi connectivity index (χ4n) is 2.21. The van der Waals surface area contributed by atoms with E-state index in [9.17, 15) is 4.39 Å². The van der Waals surface area contributed by atoms with Crippen LogP contribution in [-0.2, 0) is 6.54 Å². The van der Waals surface area contributed by atoms with Crippen LogP contribution in [0, 0.1) is 19.7 Å². The average Bonchev–Trinajstić information content (AvgIpc) is 2.89. The monoisotopic (exact) mass is 350 g/mol. The zero-order valence-electron chi connectivity index (χ0n) is 14.6. The molecule has 0 radical (unpaired) electrons. The molecular formula is C17H23FN4OS. The first-order valence-corrected chi connectivity index (χ1v) is 8.49. The second-order valence-corrected chi connectivity index (χ2v) is 6.72. The molecule has 7 heteroatoms. The lowest BCUT2D eigenvalue weighted by atomic mass is 10.1. The Labute approximate surface area is 146 Å². The molecule has 0 saturated heterocycles. The number of hydrogen-bond donors (Lipinski definition) is 2. The molecule has 2 N–H and O–H groups in total. The number of guanidine groups is 1. The number of methoxy groups -OCH3 is 1. The number of nitrogens with one attached hydrogen (secondary N) is 2. The van der Waals surface area contributed by atoms with Gasteiger partial charge in [-0.1, -0.05) is 6.07 Å². The summed E-state index contributed by atoms with van der Waals surface area (Å²) in [6.07, 6.45) is 0. The van der Waals surface area contributed by atoms with E-state index in [0.717, 1.165) is 16.3 Å². The van der Waals surface area contributed by atoms with Crippen molar-refractivity contribution >= 4 is 17.3 Å². The summed E-state index contributed by atoms with van der Waals surface area (Å²) in [5.74, 6) is 0.507. The Morgan fingerprint density at radius 3 is 2.71 bits per heavy atom. The highest BCUT2D eigenvalue weighted by atomic mass is 32.1. The minimum atomic E-state index is -0.375. The largest absolute Gasteiger partial charge is 0.494 e. The van der Waals surface area contributed by atoms with E-state index in [1.54, 1.807) is 24.5 Å². The van der Waals surface area contributed by atoms with Crippen molar-refractivity contribution in [2.24, 2.45) is 4.99 Å². The van der Waals surface area contributed by atoms with Gasteiger partial charge in [-0.15, -0.1) is 11.3 Å². The average molecular weight is 350 g/mol. The lowest BCUT2D eigenvalue weighted by molar-refractivity contribution is 0.386. The molecule has 0 fully saturated rings. The molecule has 5 nitrogen and oxygen atoms in total. The van der Waals surface area contributed by atoms with E-state index in [4.69, 9.17) is 4.74 Å². The van der Waals surface area contributed by atoms with Crippen molar-refractivity contribution in [1.82, 2.24) is 15.6 Å². The highest BCUT2D eigenvalue weighted by molar-refractivity contribution is 7.11. The third-order valence-corrected chi connectivity index (χ3v) is 4.81. The summed E-state index contributed by atoms with van der Waals surface area (Å²) in [5.41, 5.74) is 1.87. The molecular weight excluding hydrogens is 327 g/mol. The van der Waals surface area contributed by atoms with E-state index < -0.39 is 0 Å². The summed E-state index contributed by atoms with van der Waals surface area (Å²) < 4.78 is 18.8. The van der Waals surface area contributed by atoms with E-state index >= 15 is 0 Å². The molecule has 0 amide bonds. The summed E-state index contributed by atoms with van der Waals surface area (Å²) in [6.45, 7) is 6.61. The first-order valence-electron chi connectivity index (χ1n) is 7.68. The Morgan fingerprint density at radius 1 is 1.42 bits per heavy atom. The number of nitrogens with zero attached hydrogens (tertiary/aromatic N) is 2. The van der Waals surface area contributed by atoms with Crippen LogP contribution in [0.1, 0.15) is 34.1 Å². The topological polar surface area (TPSA) is 58.5 Å². The predicted octanol–water partition coefficient (Wildman–Crippen LogP) is 3.33. The van der Waals surface area contributed by atoms with Crippen LogP contribution < -0.4 is 15.4 Å². The predicted molar refractivity (Wildman–Crippen MR) is 96.3 cm³/mol. The van der Waals surface area contributed by atoms with Crippen LogP contribution in [0.5, 0.6) is 5.75 Å². The number of hydrogen-bond acceptors (Lipinski definition) is 4. The minimum Gasteiger partial charge on any atom is -0.494 e. The summed E-state index contributed by atoms with van der Waals surface area (Å²) in [4.78, 5) is 9.92. The van der Waals surface area contributed by atoms with E-state index in [-0.39, 0.29) is 17.6 Å². The summed E-state index contributed by atoms with van der Waals surface area (Å²) in [6, 6.07) is 4.83. The van der Waals surface area contributed by atoms with Gasteiger partial charge in [0.25, 0.3) is 0 Å². The smallest absolute Gasteiger partial charge is 0.191 e. The molecule has 2 rings (SSSR count). The van der Waals surface area contributed by atoms with Gasteiger partial charge in [0.1, 0.15) is 5.01 Å². The van der Waals surface area contributed by atoms with Gasteiger partial charge in [-0.2, -0.15) is 0 Å². The van der Waals surface area contributed by atoms with Crippen molar-refractivity contribution in [1.29, 1.82) is 0 Å². The molecule has 0 aliphatic rings. The Morgan fingerprint density at radius 2 is 2.17 bits per heavy atom. The maximum absolute atomic E-state index is 13.8. The van der Waals surface area contributed by atoms with Crippen molar-refractivity contribution in [3.8, 4) is 5.75 Å². The summed E-state index contributed by atoms with van der Waals surface area (Å²) in [7, 11) is 3.16. The zero-order valence-corrected chi connectivity index (χ0v) is 15.4. The number of halogens is 1. The maximum Gasteiger partial charge on any atom is 0.191 e. The van der Waals surface area contributed by atoms with Gasteiger partial charge >= 0.3 is 0 Å². The number of aryl methyl sites for hydroxylation is 2. The van der Waals surface area contributed by atoms with Crippen molar-refractivity contribution < 1.29 is 9.13 Å². The highest BCUT2D eigenvalue weighted by Crippen LogP contribution is 2.21. The fourth-order valence-corrected chi connectivity index (χ4v) is 3.08. The molecule has 1 heterocycles. The van der Waals surface area contributed by atoms with Crippen molar-refractivity contribution in [3.05, 3.63) is 45.2 Å². The first kappa shape index (κ1) is 18.2. The minimum absolute atomic E-state index is 0.101. The van der Waals surface area contributed by atoms with E-state index in [0.29, 0.717) is 12.5 Å². The number of ether oxygens (including phenoxy) is 1. The molecule has 1 aromatic carbocycles. The Hall–Kier alpha value is -2.15. The SMILES string of the molecule is CN=C(NCc1nc(C)c(C)s1)NC(C)c1ccc(OC)c(F)c1. The van der Waals surface area contributed by atoms with E-state index in [2.05, 4.69) is 27.5 Å². The van der Waals surface area contributed by atoms with Gasteiger partial charge < -0.3 is 15.4 Å². The van der Waals surface area contributed by atoms with E-state index in [1.165, 1.54) is 18.1 Å². The van der Waals surface area contributed by atoms with Crippen LogP contribution in [0.2, 0.25) is 0 Å². The molecule has 0 saturated carbocycles. The third-order valence-electron chi connectivity index (χ3n) is 3.73. The second kappa shape index (κ2) is 8.10. The second-order valence-electron chi connectivity index (χ2n) is 5.43. The van der Waals surface area contributed by atoms with Crippen molar-refractivity contribution in [3.63, 3.8) is 0 Å². The van der Waals surface area contributed by atoms with Gasteiger partial charge in [0.2, 0.25) is 0 Å². The van der Waals surface area contributed by atoms with Crippen LogP contribution in [0.4, 0.5) is 4.39 Å². The number of benzene rings is 1. The third kappa shape index (κ3) is 4.44. The number of aliphatic imine (C=N–C) groups is 1. The first-order chi connectivity index (χ1) is 11.4. The van der Waals surface area contributed by atoms with Gasteiger partial charge in [-0.25, -0.2) is 9.37 Å².